The highest BCUT2D eigenvalue weighted by molar-refractivity contribution is 6.34. The lowest BCUT2D eigenvalue weighted by molar-refractivity contribution is -0.141. The highest BCUT2D eigenvalue weighted by atomic mass is 35.5. The molecule has 0 aliphatic carbocycles. The van der Waals surface area contributed by atoms with E-state index in [1.54, 1.807) is 31.7 Å². The highest BCUT2D eigenvalue weighted by Crippen LogP contribution is 2.30. The van der Waals surface area contributed by atoms with Gasteiger partial charge in [0.2, 0.25) is 5.91 Å². The molecule has 0 bridgehead atoms. The third-order valence-corrected chi connectivity index (χ3v) is 6.49. The van der Waals surface area contributed by atoms with Gasteiger partial charge in [-0.1, -0.05) is 75.7 Å². The number of nitrogens with zero attached hydrogens (tertiary/aromatic N) is 1. The molecule has 2 atom stereocenters. The van der Waals surface area contributed by atoms with Crippen molar-refractivity contribution in [3.8, 4) is 0 Å². The molecule has 39 heavy (non-hydrogen) atoms. The van der Waals surface area contributed by atoms with Gasteiger partial charge in [0.1, 0.15) is 17.7 Å². The van der Waals surface area contributed by atoms with E-state index in [2.05, 4.69) is 17.6 Å². The molecule has 7 nitrogen and oxygen atoms in total. The fourth-order valence-corrected chi connectivity index (χ4v) is 4.61. The lowest BCUT2D eigenvalue weighted by atomic mass is 9.98. The summed E-state index contributed by atoms with van der Waals surface area (Å²) in [6, 6.07) is 11.3. The number of carbonyl (C=O) groups excluding carboxylic acids is 3. The first kappa shape index (κ1) is 32.2. The molecule has 0 heterocycles. The number of aryl methyl sites for hydroxylation is 2. The van der Waals surface area contributed by atoms with E-state index in [9.17, 15) is 14.4 Å². The van der Waals surface area contributed by atoms with Gasteiger partial charge in [-0.05, 0) is 75.6 Å². The fraction of sp³-hybridized carbons (Fsp3) is 0.516. The van der Waals surface area contributed by atoms with Gasteiger partial charge in [-0.25, -0.2) is 4.79 Å². The van der Waals surface area contributed by atoms with E-state index >= 15 is 0 Å². The molecule has 0 aliphatic heterocycles. The molecular weight excluding hydrogens is 514 g/mol. The van der Waals surface area contributed by atoms with Crippen LogP contribution in [0.25, 0.3) is 0 Å². The quantitative estimate of drug-likeness (QED) is 0.309. The van der Waals surface area contributed by atoms with Crippen LogP contribution in [0.2, 0.25) is 5.02 Å². The molecule has 2 unspecified atom stereocenters. The summed E-state index contributed by atoms with van der Waals surface area (Å²) in [6.07, 6.45) is 1.20. The maximum atomic E-state index is 14.1. The minimum Gasteiger partial charge on any atom is -0.444 e. The first-order valence-corrected chi connectivity index (χ1v) is 14.1. The molecule has 0 saturated heterocycles. The van der Waals surface area contributed by atoms with E-state index in [1.807, 2.05) is 64.1 Å². The number of halogens is 1. The van der Waals surface area contributed by atoms with Crippen LogP contribution in [0.15, 0.2) is 42.5 Å². The highest BCUT2D eigenvalue weighted by Gasteiger charge is 2.36. The van der Waals surface area contributed by atoms with Crippen molar-refractivity contribution in [3.05, 3.63) is 64.2 Å². The standard InChI is InChI=1S/C31H44ClN3O4/c1-9-18-35(29(37)25(19-20(3)4)33-30(38)39-31(6,7)8)27(23-16-14-22(10-2)15-17-23)28(36)34-26-21(5)12-11-13-24(26)32/h11-17,20,25,27H,9-10,18-19H2,1-8H3,(H,33,38)(H,34,36). The summed E-state index contributed by atoms with van der Waals surface area (Å²) in [5.41, 5.74) is 2.41. The van der Waals surface area contributed by atoms with Crippen LogP contribution in [0.3, 0.4) is 0 Å². The van der Waals surface area contributed by atoms with Crippen molar-refractivity contribution in [1.29, 1.82) is 0 Å². The molecule has 0 fully saturated rings. The van der Waals surface area contributed by atoms with Gasteiger partial charge in [0, 0.05) is 6.54 Å². The van der Waals surface area contributed by atoms with Crippen LogP contribution in [0.4, 0.5) is 10.5 Å². The maximum Gasteiger partial charge on any atom is 0.408 e. The molecule has 2 aromatic rings. The van der Waals surface area contributed by atoms with Gasteiger partial charge < -0.3 is 20.3 Å². The predicted octanol–water partition coefficient (Wildman–Crippen LogP) is 7.07. The minimum absolute atomic E-state index is 0.110. The number of hydrogen-bond donors (Lipinski definition) is 2. The number of rotatable bonds is 11. The number of alkyl carbamates (subject to hydrolysis) is 1. The van der Waals surface area contributed by atoms with Crippen molar-refractivity contribution in [2.75, 3.05) is 11.9 Å². The Labute approximate surface area is 238 Å². The van der Waals surface area contributed by atoms with E-state index in [1.165, 1.54) is 0 Å². The molecule has 2 N–H and O–H groups in total. The van der Waals surface area contributed by atoms with Crippen molar-refractivity contribution in [1.82, 2.24) is 10.2 Å². The van der Waals surface area contributed by atoms with Crippen molar-refractivity contribution < 1.29 is 19.1 Å². The van der Waals surface area contributed by atoms with E-state index in [-0.39, 0.29) is 17.7 Å². The molecule has 0 aromatic heterocycles. The predicted molar refractivity (Wildman–Crippen MR) is 158 cm³/mol. The molecule has 8 heteroatoms. The molecule has 0 radical (unpaired) electrons. The molecule has 2 aromatic carbocycles. The smallest absolute Gasteiger partial charge is 0.408 e. The number of amides is 3. The third-order valence-electron chi connectivity index (χ3n) is 6.18. The van der Waals surface area contributed by atoms with Gasteiger partial charge in [-0.3, -0.25) is 9.59 Å². The van der Waals surface area contributed by atoms with E-state index < -0.39 is 23.8 Å². The van der Waals surface area contributed by atoms with E-state index in [4.69, 9.17) is 16.3 Å². The topological polar surface area (TPSA) is 87.7 Å². The van der Waals surface area contributed by atoms with Crippen LogP contribution in [0, 0.1) is 12.8 Å². The average molecular weight is 558 g/mol. The van der Waals surface area contributed by atoms with Crippen molar-refractivity contribution >= 4 is 35.2 Å². The van der Waals surface area contributed by atoms with Crippen molar-refractivity contribution in [2.24, 2.45) is 5.92 Å². The van der Waals surface area contributed by atoms with Gasteiger partial charge in [0.15, 0.2) is 0 Å². The lowest BCUT2D eigenvalue weighted by Gasteiger charge is -2.35. The second-order valence-corrected chi connectivity index (χ2v) is 11.7. The average Bonchev–Trinajstić information content (AvgIpc) is 2.84. The summed E-state index contributed by atoms with van der Waals surface area (Å²) >= 11 is 6.43. The fourth-order valence-electron chi connectivity index (χ4n) is 4.34. The van der Waals surface area contributed by atoms with Gasteiger partial charge in [0.05, 0.1) is 10.7 Å². The summed E-state index contributed by atoms with van der Waals surface area (Å²) in [4.78, 5) is 42.4. The first-order valence-electron chi connectivity index (χ1n) is 13.7. The number of para-hydroxylation sites is 1. The number of nitrogens with one attached hydrogen (secondary N) is 2. The Kier molecular flexibility index (Phi) is 11.8. The summed E-state index contributed by atoms with van der Waals surface area (Å²) < 4.78 is 5.45. The van der Waals surface area contributed by atoms with Crippen LogP contribution in [0.5, 0.6) is 0 Å². The number of carbonyl (C=O) groups is 3. The van der Waals surface area contributed by atoms with Crippen molar-refractivity contribution in [2.45, 2.75) is 92.3 Å². The van der Waals surface area contributed by atoms with Crippen LogP contribution in [-0.2, 0) is 20.7 Å². The maximum absolute atomic E-state index is 14.1. The molecule has 0 aliphatic rings. The van der Waals surface area contributed by atoms with Crippen LogP contribution < -0.4 is 10.6 Å². The van der Waals surface area contributed by atoms with Crippen LogP contribution in [0.1, 0.15) is 84.0 Å². The van der Waals surface area contributed by atoms with Crippen LogP contribution >= 0.6 is 11.6 Å². The zero-order valence-corrected chi connectivity index (χ0v) is 25.3. The van der Waals surface area contributed by atoms with Crippen molar-refractivity contribution in [3.63, 3.8) is 0 Å². The molecular formula is C31H44ClN3O4. The normalized spacial score (nSPS) is 13.0. The Hall–Kier alpha value is -3.06. The number of anilines is 1. The Bertz CT molecular complexity index is 1110. The second-order valence-electron chi connectivity index (χ2n) is 11.3. The van der Waals surface area contributed by atoms with Crippen LogP contribution in [-0.4, -0.2) is 41.0 Å². The molecule has 0 spiro atoms. The Balaban J connectivity index is 2.55. The SMILES string of the molecule is CCCN(C(=O)C(CC(C)C)NC(=O)OC(C)(C)C)C(C(=O)Nc1c(C)cccc1Cl)c1ccc(CC)cc1. The summed E-state index contributed by atoms with van der Waals surface area (Å²) in [5, 5.41) is 6.16. The summed E-state index contributed by atoms with van der Waals surface area (Å²) in [7, 11) is 0. The number of benzene rings is 2. The van der Waals surface area contributed by atoms with E-state index in [0.717, 1.165) is 17.5 Å². The van der Waals surface area contributed by atoms with E-state index in [0.29, 0.717) is 35.7 Å². The molecule has 214 valence electrons. The summed E-state index contributed by atoms with van der Waals surface area (Å²) in [6.45, 7) is 15.5. The number of hydrogen-bond acceptors (Lipinski definition) is 4. The zero-order chi connectivity index (χ0) is 29.3. The molecule has 3 amide bonds. The Morgan fingerprint density at radius 2 is 1.67 bits per heavy atom. The van der Waals surface area contributed by atoms with Gasteiger partial charge in [-0.2, -0.15) is 0 Å². The summed E-state index contributed by atoms with van der Waals surface area (Å²) in [5.74, 6) is -0.607. The van der Waals surface area contributed by atoms with Gasteiger partial charge in [0.25, 0.3) is 5.91 Å². The Morgan fingerprint density at radius 3 is 2.18 bits per heavy atom. The first-order chi connectivity index (χ1) is 18.3. The largest absolute Gasteiger partial charge is 0.444 e. The third kappa shape index (κ3) is 9.57. The van der Waals surface area contributed by atoms with Gasteiger partial charge in [-0.15, -0.1) is 0 Å². The Morgan fingerprint density at radius 1 is 1.03 bits per heavy atom. The monoisotopic (exact) mass is 557 g/mol. The zero-order valence-electron chi connectivity index (χ0n) is 24.6. The minimum atomic E-state index is -0.936. The lowest BCUT2D eigenvalue weighted by Crippen LogP contribution is -2.53. The second kappa shape index (κ2) is 14.4. The number of ether oxygens (including phenoxy) is 1. The van der Waals surface area contributed by atoms with Gasteiger partial charge >= 0.3 is 6.09 Å². The molecule has 0 saturated carbocycles. The molecule has 2 rings (SSSR count).